The second kappa shape index (κ2) is 5.25. The average molecular weight is 275 g/mol. The standard InChI is InChI=1S/C14H17N3OS/c1-3-5-15-13-11-7-19-8-12(11)16-14(17-13)10-4-6-18-9(10)2/h4,6H,3,5,7-8H2,1-2H3,(H,15,16,17). The second-order valence-electron chi connectivity index (χ2n) is 4.63. The first-order valence-electron chi connectivity index (χ1n) is 6.55. The molecular weight excluding hydrogens is 258 g/mol. The van der Waals surface area contributed by atoms with Crippen LogP contribution in [0.2, 0.25) is 0 Å². The Morgan fingerprint density at radius 2 is 2.26 bits per heavy atom. The van der Waals surface area contributed by atoms with Gasteiger partial charge in [0.2, 0.25) is 0 Å². The number of nitrogens with one attached hydrogen (secondary N) is 1. The molecule has 0 atom stereocenters. The molecule has 1 N–H and O–H groups in total. The molecule has 0 spiro atoms. The van der Waals surface area contributed by atoms with Crippen LogP contribution in [0.3, 0.4) is 0 Å². The Bertz CT molecular complexity index is 594. The molecule has 0 aliphatic carbocycles. The van der Waals surface area contributed by atoms with Crippen molar-refractivity contribution in [3.8, 4) is 11.4 Å². The van der Waals surface area contributed by atoms with Crippen molar-refractivity contribution in [2.45, 2.75) is 31.8 Å². The summed E-state index contributed by atoms with van der Waals surface area (Å²) in [5.41, 5.74) is 3.41. The number of hydrogen-bond donors (Lipinski definition) is 1. The molecule has 4 nitrogen and oxygen atoms in total. The molecule has 3 rings (SSSR count). The average Bonchev–Trinajstić information content (AvgIpc) is 3.03. The molecule has 3 heterocycles. The van der Waals surface area contributed by atoms with Crippen LogP contribution in [0.1, 0.15) is 30.4 Å². The number of rotatable bonds is 4. The normalized spacial score (nSPS) is 13.6. The highest BCUT2D eigenvalue weighted by atomic mass is 32.2. The Balaban J connectivity index is 2.05. The minimum atomic E-state index is 0.770. The largest absolute Gasteiger partial charge is 0.469 e. The highest BCUT2D eigenvalue weighted by molar-refractivity contribution is 7.98. The minimum Gasteiger partial charge on any atom is -0.469 e. The summed E-state index contributed by atoms with van der Waals surface area (Å²) in [7, 11) is 0. The molecule has 0 radical (unpaired) electrons. The number of thioether (sulfide) groups is 1. The monoisotopic (exact) mass is 275 g/mol. The predicted octanol–water partition coefficient (Wildman–Crippen LogP) is 3.61. The fourth-order valence-electron chi connectivity index (χ4n) is 2.18. The summed E-state index contributed by atoms with van der Waals surface area (Å²) < 4.78 is 5.35. The highest BCUT2D eigenvalue weighted by Crippen LogP contribution is 2.35. The van der Waals surface area contributed by atoms with Crippen molar-refractivity contribution in [2.24, 2.45) is 0 Å². The molecule has 0 amide bonds. The summed E-state index contributed by atoms with van der Waals surface area (Å²) in [6.45, 7) is 5.04. The number of nitrogens with zero attached hydrogens (tertiary/aromatic N) is 2. The first kappa shape index (κ1) is 12.5. The molecule has 0 saturated carbocycles. The third kappa shape index (κ3) is 2.34. The van der Waals surface area contributed by atoms with Gasteiger partial charge in [0.25, 0.3) is 0 Å². The third-order valence-electron chi connectivity index (χ3n) is 3.22. The maximum atomic E-state index is 5.35. The Morgan fingerprint density at radius 1 is 1.37 bits per heavy atom. The SMILES string of the molecule is CCCNc1nc(-c2ccoc2C)nc2c1CSC2. The van der Waals surface area contributed by atoms with Crippen LogP contribution in [0, 0.1) is 6.92 Å². The molecule has 0 fully saturated rings. The van der Waals surface area contributed by atoms with E-state index in [4.69, 9.17) is 9.40 Å². The van der Waals surface area contributed by atoms with E-state index in [0.717, 1.165) is 53.1 Å². The number of furan rings is 1. The molecule has 100 valence electrons. The topological polar surface area (TPSA) is 51.0 Å². The lowest BCUT2D eigenvalue weighted by atomic mass is 10.2. The van der Waals surface area contributed by atoms with E-state index >= 15 is 0 Å². The maximum absolute atomic E-state index is 5.35. The molecular formula is C14H17N3OS. The molecule has 5 heteroatoms. The van der Waals surface area contributed by atoms with Crippen LogP contribution < -0.4 is 5.32 Å². The summed E-state index contributed by atoms with van der Waals surface area (Å²) in [5, 5.41) is 3.42. The Hall–Kier alpha value is -1.49. The van der Waals surface area contributed by atoms with Crippen LogP contribution in [0.5, 0.6) is 0 Å². The smallest absolute Gasteiger partial charge is 0.165 e. The molecule has 0 saturated heterocycles. The van der Waals surface area contributed by atoms with E-state index in [-0.39, 0.29) is 0 Å². The number of fused-ring (bicyclic) bond motifs is 1. The third-order valence-corrected chi connectivity index (χ3v) is 4.19. The summed E-state index contributed by atoms with van der Waals surface area (Å²) in [6.07, 6.45) is 2.78. The van der Waals surface area contributed by atoms with Crippen LogP contribution in [0.25, 0.3) is 11.4 Å². The van der Waals surface area contributed by atoms with Gasteiger partial charge >= 0.3 is 0 Å². The number of anilines is 1. The van der Waals surface area contributed by atoms with Crippen molar-refractivity contribution in [2.75, 3.05) is 11.9 Å². The zero-order valence-electron chi connectivity index (χ0n) is 11.2. The van der Waals surface area contributed by atoms with Gasteiger partial charge in [0.1, 0.15) is 11.6 Å². The first-order chi connectivity index (χ1) is 9.29. The predicted molar refractivity (Wildman–Crippen MR) is 78.3 cm³/mol. The van der Waals surface area contributed by atoms with E-state index < -0.39 is 0 Å². The van der Waals surface area contributed by atoms with E-state index in [0.29, 0.717) is 0 Å². The van der Waals surface area contributed by atoms with Gasteiger partial charge in [-0.25, -0.2) is 9.97 Å². The van der Waals surface area contributed by atoms with Crippen LogP contribution >= 0.6 is 11.8 Å². The lowest BCUT2D eigenvalue weighted by molar-refractivity contribution is 0.535. The van der Waals surface area contributed by atoms with Crippen molar-refractivity contribution in [3.63, 3.8) is 0 Å². The zero-order chi connectivity index (χ0) is 13.2. The van der Waals surface area contributed by atoms with Crippen molar-refractivity contribution in [3.05, 3.63) is 29.3 Å². The first-order valence-corrected chi connectivity index (χ1v) is 7.71. The van der Waals surface area contributed by atoms with Crippen LogP contribution in [-0.4, -0.2) is 16.5 Å². The van der Waals surface area contributed by atoms with Crippen LogP contribution in [0.4, 0.5) is 5.82 Å². The van der Waals surface area contributed by atoms with Gasteiger partial charge in [0.15, 0.2) is 5.82 Å². The molecule has 0 unspecified atom stereocenters. The fraction of sp³-hybridized carbons (Fsp3) is 0.429. The van der Waals surface area contributed by atoms with E-state index in [1.54, 1.807) is 6.26 Å². The summed E-state index contributed by atoms with van der Waals surface area (Å²) >= 11 is 1.89. The Kier molecular flexibility index (Phi) is 3.46. The van der Waals surface area contributed by atoms with Crippen molar-refractivity contribution in [1.29, 1.82) is 0 Å². The van der Waals surface area contributed by atoms with Gasteiger partial charge in [0.05, 0.1) is 17.5 Å². The minimum absolute atomic E-state index is 0.770. The molecule has 0 aromatic carbocycles. The van der Waals surface area contributed by atoms with Gasteiger partial charge in [0, 0.05) is 23.6 Å². The van der Waals surface area contributed by atoms with Crippen molar-refractivity contribution < 1.29 is 4.42 Å². The number of hydrogen-bond acceptors (Lipinski definition) is 5. The van der Waals surface area contributed by atoms with Crippen LogP contribution in [0.15, 0.2) is 16.7 Å². The second-order valence-corrected chi connectivity index (χ2v) is 5.62. The van der Waals surface area contributed by atoms with E-state index in [9.17, 15) is 0 Å². The van der Waals surface area contributed by atoms with Gasteiger partial charge in [-0.1, -0.05) is 6.92 Å². The number of aryl methyl sites for hydroxylation is 1. The summed E-state index contributed by atoms with van der Waals surface area (Å²) in [6, 6.07) is 1.93. The summed E-state index contributed by atoms with van der Waals surface area (Å²) in [5.74, 6) is 4.61. The van der Waals surface area contributed by atoms with Gasteiger partial charge < -0.3 is 9.73 Å². The molecule has 0 bridgehead atoms. The molecule has 2 aromatic heterocycles. The maximum Gasteiger partial charge on any atom is 0.165 e. The van der Waals surface area contributed by atoms with Gasteiger partial charge in [-0.05, 0) is 19.4 Å². The highest BCUT2D eigenvalue weighted by Gasteiger charge is 2.21. The van der Waals surface area contributed by atoms with Gasteiger partial charge in [-0.15, -0.1) is 0 Å². The van der Waals surface area contributed by atoms with Crippen molar-refractivity contribution in [1.82, 2.24) is 9.97 Å². The van der Waals surface area contributed by atoms with Gasteiger partial charge in [-0.2, -0.15) is 11.8 Å². The Morgan fingerprint density at radius 3 is 3.00 bits per heavy atom. The van der Waals surface area contributed by atoms with E-state index in [2.05, 4.69) is 17.2 Å². The van der Waals surface area contributed by atoms with E-state index in [1.165, 1.54) is 5.56 Å². The van der Waals surface area contributed by atoms with Gasteiger partial charge in [-0.3, -0.25) is 0 Å². The lowest BCUT2D eigenvalue weighted by Gasteiger charge is -2.10. The van der Waals surface area contributed by atoms with Crippen LogP contribution in [-0.2, 0) is 11.5 Å². The molecule has 19 heavy (non-hydrogen) atoms. The zero-order valence-corrected chi connectivity index (χ0v) is 12.0. The lowest BCUT2D eigenvalue weighted by Crippen LogP contribution is -2.08. The fourth-order valence-corrected chi connectivity index (χ4v) is 3.22. The molecule has 1 aliphatic heterocycles. The van der Waals surface area contributed by atoms with E-state index in [1.807, 2.05) is 24.8 Å². The molecule has 2 aromatic rings. The van der Waals surface area contributed by atoms with Crippen molar-refractivity contribution >= 4 is 17.6 Å². The summed E-state index contributed by atoms with van der Waals surface area (Å²) in [4.78, 5) is 9.38. The quantitative estimate of drug-likeness (QED) is 0.923. The molecule has 1 aliphatic rings. The number of aromatic nitrogens is 2. The Labute approximate surface area is 117 Å².